The van der Waals surface area contributed by atoms with Crippen molar-refractivity contribution in [2.45, 2.75) is 24.1 Å². The van der Waals surface area contributed by atoms with Crippen molar-refractivity contribution in [2.24, 2.45) is 0 Å². The summed E-state index contributed by atoms with van der Waals surface area (Å²) >= 11 is 3.38. The molecule has 1 aromatic carbocycles. The van der Waals surface area contributed by atoms with E-state index in [1.807, 2.05) is 12.1 Å². The molecule has 80 valence electrons. The predicted octanol–water partition coefficient (Wildman–Crippen LogP) is 3.25. The summed E-state index contributed by atoms with van der Waals surface area (Å²) in [5.41, 5.74) is 2.95. The molecule has 3 heteroatoms. The Balaban J connectivity index is 2.37. The Kier molecular flexibility index (Phi) is 3.10. The van der Waals surface area contributed by atoms with Gasteiger partial charge in [-0.1, -0.05) is 28.1 Å². The van der Waals surface area contributed by atoms with Crippen molar-refractivity contribution in [3.8, 4) is 0 Å². The lowest BCUT2D eigenvalue weighted by Gasteiger charge is -2.07. The van der Waals surface area contributed by atoms with Gasteiger partial charge >= 0.3 is 5.97 Å². The van der Waals surface area contributed by atoms with Crippen LogP contribution in [0.4, 0.5) is 0 Å². The quantitative estimate of drug-likeness (QED) is 0.622. The maximum absolute atomic E-state index is 11.5. The molecule has 1 saturated carbocycles. The number of esters is 1. The van der Waals surface area contributed by atoms with E-state index in [1.54, 1.807) is 0 Å². The number of hydrogen-bond donors (Lipinski definition) is 0. The average molecular weight is 269 g/mol. The van der Waals surface area contributed by atoms with Gasteiger partial charge in [-0.25, -0.2) is 4.79 Å². The number of benzene rings is 1. The van der Waals surface area contributed by atoms with E-state index in [2.05, 4.69) is 22.0 Å². The maximum atomic E-state index is 11.5. The molecule has 0 N–H and O–H groups in total. The minimum Gasteiger partial charge on any atom is -0.465 e. The molecule has 0 unspecified atom stereocenters. The van der Waals surface area contributed by atoms with Gasteiger partial charge in [0.15, 0.2) is 0 Å². The molecule has 0 heterocycles. The van der Waals surface area contributed by atoms with E-state index in [0.29, 0.717) is 16.8 Å². The zero-order valence-corrected chi connectivity index (χ0v) is 10.2. The van der Waals surface area contributed by atoms with E-state index in [4.69, 9.17) is 4.74 Å². The van der Waals surface area contributed by atoms with Gasteiger partial charge in [0, 0.05) is 5.33 Å². The number of halogens is 1. The van der Waals surface area contributed by atoms with Crippen LogP contribution in [0, 0.1) is 0 Å². The van der Waals surface area contributed by atoms with Gasteiger partial charge in [-0.2, -0.15) is 0 Å². The minimum absolute atomic E-state index is 0.244. The third kappa shape index (κ3) is 2.23. The Morgan fingerprint density at radius 1 is 1.53 bits per heavy atom. The number of carbonyl (C=O) groups is 1. The zero-order chi connectivity index (χ0) is 10.8. The normalized spacial score (nSPS) is 15.1. The van der Waals surface area contributed by atoms with Gasteiger partial charge in [0.25, 0.3) is 0 Å². The van der Waals surface area contributed by atoms with Crippen LogP contribution in [0.15, 0.2) is 18.2 Å². The summed E-state index contributed by atoms with van der Waals surface area (Å²) < 4.78 is 4.77. The van der Waals surface area contributed by atoms with Gasteiger partial charge in [-0.15, -0.1) is 0 Å². The number of rotatable bonds is 3. The van der Waals surface area contributed by atoms with Gasteiger partial charge in [-0.3, -0.25) is 0 Å². The smallest absolute Gasteiger partial charge is 0.338 e. The fourth-order valence-electron chi connectivity index (χ4n) is 1.68. The third-order valence-corrected chi connectivity index (χ3v) is 3.34. The fraction of sp³-hybridized carbons (Fsp3) is 0.417. The molecule has 1 aromatic rings. The molecule has 0 spiro atoms. The Hall–Kier alpha value is -0.830. The number of hydrogen-bond acceptors (Lipinski definition) is 2. The van der Waals surface area contributed by atoms with Gasteiger partial charge in [0.05, 0.1) is 12.7 Å². The monoisotopic (exact) mass is 268 g/mol. The molecule has 0 bridgehead atoms. The summed E-state index contributed by atoms with van der Waals surface area (Å²) in [5, 5.41) is 0.683. The van der Waals surface area contributed by atoms with Gasteiger partial charge in [-0.05, 0) is 36.0 Å². The molecule has 0 atom stereocenters. The lowest BCUT2D eigenvalue weighted by molar-refractivity contribution is 0.0599. The summed E-state index contributed by atoms with van der Waals surface area (Å²) in [6, 6.07) is 6.09. The summed E-state index contributed by atoms with van der Waals surface area (Å²) in [6.07, 6.45) is 2.49. The molecule has 0 aromatic heterocycles. The van der Waals surface area contributed by atoms with Crippen LogP contribution in [0.25, 0.3) is 0 Å². The summed E-state index contributed by atoms with van der Waals surface area (Å²) in [4.78, 5) is 11.5. The van der Waals surface area contributed by atoms with Crippen molar-refractivity contribution in [3.05, 3.63) is 34.9 Å². The standard InChI is InChI=1S/C12H13BrO2/c1-15-12(14)11-6-9(8-2-3-8)4-5-10(11)7-13/h4-6,8H,2-3,7H2,1H3. The van der Waals surface area contributed by atoms with Crippen molar-refractivity contribution in [1.29, 1.82) is 0 Å². The Morgan fingerprint density at radius 3 is 2.80 bits per heavy atom. The Labute approximate surface area is 97.8 Å². The molecule has 2 nitrogen and oxygen atoms in total. The molecule has 1 aliphatic rings. The first kappa shape index (κ1) is 10.7. The number of alkyl halides is 1. The molecule has 0 aliphatic heterocycles. The highest BCUT2D eigenvalue weighted by molar-refractivity contribution is 9.08. The van der Waals surface area contributed by atoms with Crippen LogP contribution in [0.5, 0.6) is 0 Å². The topological polar surface area (TPSA) is 26.3 Å². The van der Waals surface area contributed by atoms with Crippen LogP contribution in [-0.4, -0.2) is 13.1 Å². The maximum Gasteiger partial charge on any atom is 0.338 e. The van der Waals surface area contributed by atoms with Crippen molar-refractivity contribution in [1.82, 2.24) is 0 Å². The first-order valence-corrected chi connectivity index (χ1v) is 6.15. The van der Waals surface area contributed by atoms with Gasteiger partial charge in [0.1, 0.15) is 0 Å². The second-order valence-electron chi connectivity index (χ2n) is 3.82. The molecule has 1 fully saturated rings. The first-order valence-electron chi connectivity index (χ1n) is 5.03. The number of carbonyl (C=O) groups excluding carboxylic acids is 1. The molecular formula is C12H13BrO2. The lowest BCUT2D eigenvalue weighted by atomic mass is 10.0. The highest BCUT2D eigenvalue weighted by Crippen LogP contribution is 2.40. The van der Waals surface area contributed by atoms with Crippen LogP contribution in [0.2, 0.25) is 0 Å². The third-order valence-electron chi connectivity index (χ3n) is 2.73. The number of methoxy groups -OCH3 is 1. The molecule has 0 amide bonds. The van der Waals surface area contributed by atoms with Crippen molar-refractivity contribution < 1.29 is 9.53 Å². The molecule has 2 rings (SSSR count). The molecule has 15 heavy (non-hydrogen) atoms. The summed E-state index contributed by atoms with van der Waals surface area (Å²) in [6.45, 7) is 0. The molecule has 1 aliphatic carbocycles. The van der Waals surface area contributed by atoms with Crippen LogP contribution >= 0.6 is 15.9 Å². The van der Waals surface area contributed by atoms with Crippen molar-refractivity contribution in [2.75, 3.05) is 7.11 Å². The number of ether oxygens (including phenoxy) is 1. The molecular weight excluding hydrogens is 256 g/mol. The van der Waals surface area contributed by atoms with Crippen LogP contribution in [-0.2, 0) is 10.1 Å². The van der Waals surface area contributed by atoms with Crippen LogP contribution in [0.3, 0.4) is 0 Å². The van der Waals surface area contributed by atoms with E-state index >= 15 is 0 Å². The second-order valence-corrected chi connectivity index (χ2v) is 4.38. The Bertz CT molecular complexity index is 383. The van der Waals surface area contributed by atoms with E-state index in [-0.39, 0.29) is 5.97 Å². The van der Waals surface area contributed by atoms with E-state index in [0.717, 1.165) is 5.56 Å². The predicted molar refractivity (Wildman–Crippen MR) is 62.4 cm³/mol. The minimum atomic E-state index is -0.244. The van der Waals surface area contributed by atoms with E-state index in [9.17, 15) is 4.79 Å². The Morgan fingerprint density at radius 2 is 2.27 bits per heavy atom. The molecule has 0 saturated heterocycles. The fourth-order valence-corrected chi connectivity index (χ4v) is 2.17. The lowest BCUT2D eigenvalue weighted by Crippen LogP contribution is -2.05. The van der Waals surface area contributed by atoms with Crippen LogP contribution < -0.4 is 0 Å². The highest BCUT2D eigenvalue weighted by atomic mass is 79.9. The second kappa shape index (κ2) is 4.35. The molecule has 0 radical (unpaired) electrons. The van der Waals surface area contributed by atoms with Gasteiger partial charge in [0.2, 0.25) is 0 Å². The van der Waals surface area contributed by atoms with Gasteiger partial charge < -0.3 is 4.74 Å². The highest BCUT2D eigenvalue weighted by Gasteiger charge is 2.25. The average Bonchev–Trinajstić information content (AvgIpc) is 3.11. The largest absolute Gasteiger partial charge is 0.465 e. The zero-order valence-electron chi connectivity index (χ0n) is 8.63. The SMILES string of the molecule is COC(=O)c1cc(C2CC2)ccc1CBr. The first-order chi connectivity index (χ1) is 7.26. The van der Waals surface area contributed by atoms with E-state index in [1.165, 1.54) is 25.5 Å². The van der Waals surface area contributed by atoms with Crippen molar-refractivity contribution >= 4 is 21.9 Å². The summed E-state index contributed by atoms with van der Waals surface area (Å²) in [5.74, 6) is 0.421. The van der Waals surface area contributed by atoms with Crippen molar-refractivity contribution in [3.63, 3.8) is 0 Å². The van der Waals surface area contributed by atoms with Crippen LogP contribution in [0.1, 0.15) is 40.2 Å². The summed E-state index contributed by atoms with van der Waals surface area (Å²) in [7, 11) is 1.42. The van der Waals surface area contributed by atoms with E-state index < -0.39 is 0 Å².